The van der Waals surface area contributed by atoms with Gasteiger partial charge in [0.05, 0.1) is 0 Å². The summed E-state index contributed by atoms with van der Waals surface area (Å²) in [7, 11) is 0. The van der Waals surface area contributed by atoms with Gasteiger partial charge in [-0.3, -0.25) is 0 Å². The van der Waals surface area contributed by atoms with Gasteiger partial charge in [-0.15, -0.1) is 0 Å². The van der Waals surface area contributed by atoms with E-state index in [0.717, 1.165) is 11.8 Å². The van der Waals surface area contributed by atoms with Crippen LogP contribution in [0.3, 0.4) is 0 Å². The fourth-order valence-electron chi connectivity index (χ4n) is 2.85. The molecule has 90 valence electrons. The average molecular weight is 211 g/mol. The third kappa shape index (κ3) is 5.55. The summed E-state index contributed by atoms with van der Waals surface area (Å²) in [5.74, 6) is 2.10. The molecule has 0 aromatic heterocycles. The zero-order chi connectivity index (χ0) is 10.9. The molecule has 0 amide bonds. The van der Waals surface area contributed by atoms with E-state index in [2.05, 4.69) is 19.2 Å². The van der Waals surface area contributed by atoms with Crippen molar-refractivity contribution in [2.24, 2.45) is 11.8 Å². The van der Waals surface area contributed by atoms with Crippen molar-refractivity contribution >= 4 is 0 Å². The number of rotatable bonds is 7. The summed E-state index contributed by atoms with van der Waals surface area (Å²) in [4.78, 5) is 0. The third-order valence-corrected chi connectivity index (χ3v) is 3.86. The van der Waals surface area contributed by atoms with Crippen molar-refractivity contribution in [1.29, 1.82) is 0 Å². The molecule has 0 aliphatic heterocycles. The molecule has 15 heavy (non-hydrogen) atoms. The van der Waals surface area contributed by atoms with Crippen LogP contribution in [0, 0.1) is 11.8 Å². The Kier molecular flexibility index (Phi) is 7.08. The summed E-state index contributed by atoms with van der Waals surface area (Å²) in [6.45, 7) is 7.03. The van der Waals surface area contributed by atoms with Crippen LogP contribution in [0.25, 0.3) is 0 Å². The van der Waals surface area contributed by atoms with Crippen LogP contribution in [-0.4, -0.2) is 13.1 Å². The van der Waals surface area contributed by atoms with E-state index in [9.17, 15) is 0 Å². The highest BCUT2D eigenvalue weighted by Crippen LogP contribution is 2.33. The summed E-state index contributed by atoms with van der Waals surface area (Å²) >= 11 is 0. The molecule has 0 saturated heterocycles. The largest absolute Gasteiger partial charge is 0.317 e. The van der Waals surface area contributed by atoms with Crippen LogP contribution in [0.15, 0.2) is 0 Å². The second-order valence-electron chi connectivity index (χ2n) is 5.20. The number of hydrogen-bond acceptors (Lipinski definition) is 1. The van der Waals surface area contributed by atoms with E-state index in [1.165, 1.54) is 64.5 Å². The third-order valence-electron chi connectivity index (χ3n) is 3.86. The molecule has 1 aliphatic rings. The minimum atomic E-state index is 1.05. The van der Waals surface area contributed by atoms with Gasteiger partial charge >= 0.3 is 0 Å². The van der Waals surface area contributed by atoms with Crippen molar-refractivity contribution in [2.45, 2.75) is 65.2 Å². The molecule has 0 spiro atoms. The van der Waals surface area contributed by atoms with E-state index in [-0.39, 0.29) is 0 Å². The first-order chi connectivity index (χ1) is 7.36. The average Bonchev–Trinajstić information content (AvgIpc) is 2.29. The molecule has 0 bridgehead atoms. The summed E-state index contributed by atoms with van der Waals surface area (Å²) < 4.78 is 0. The highest BCUT2D eigenvalue weighted by atomic mass is 14.8. The van der Waals surface area contributed by atoms with Crippen molar-refractivity contribution in [3.63, 3.8) is 0 Å². The van der Waals surface area contributed by atoms with Crippen LogP contribution in [0.4, 0.5) is 0 Å². The molecule has 1 N–H and O–H groups in total. The van der Waals surface area contributed by atoms with Crippen LogP contribution < -0.4 is 5.32 Å². The van der Waals surface area contributed by atoms with Crippen LogP contribution in [0.2, 0.25) is 0 Å². The minimum absolute atomic E-state index is 1.05. The zero-order valence-corrected chi connectivity index (χ0v) is 10.7. The summed E-state index contributed by atoms with van der Waals surface area (Å²) in [5.41, 5.74) is 0. The Morgan fingerprint density at radius 3 is 2.60 bits per heavy atom. The van der Waals surface area contributed by atoms with Gasteiger partial charge in [0.15, 0.2) is 0 Å². The standard InChI is InChI=1S/C14H29N/c1-3-10-15-11-6-9-14-8-5-7-13(4-2)12-14/h13-15H,3-12H2,1-2H3. The summed E-state index contributed by atoms with van der Waals surface area (Å²) in [6.07, 6.45) is 11.5. The van der Waals surface area contributed by atoms with Gasteiger partial charge in [0.25, 0.3) is 0 Å². The van der Waals surface area contributed by atoms with E-state index in [4.69, 9.17) is 0 Å². The van der Waals surface area contributed by atoms with Gasteiger partial charge in [-0.05, 0) is 50.6 Å². The maximum atomic E-state index is 3.50. The molecule has 2 unspecified atom stereocenters. The lowest BCUT2D eigenvalue weighted by molar-refractivity contribution is 0.246. The Balaban J connectivity index is 2.00. The molecule has 0 aromatic carbocycles. The number of hydrogen-bond donors (Lipinski definition) is 1. The fourth-order valence-corrected chi connectivity index (χ4v) is 2.85. The Hall–Kier alpha value is -0.0400. The van der Waals surface area contributed by atoms with E-state index >= 15 is 0 Å². The second kappa shape index (κ2) is 8.15. The highest BCUT2D eigenvalue weighted by molar-refractivity contribution is 4.72. The second-order valence-corrected chi connectivity index (χ2v) is 5.20. The molecule has 1 heteroatoms. The van der Waals surface area contributed by atoms with Crippen LogP contribution in [-0.2, 0) is 0 Å². The van der Waals surface area contributed by atoms with E-state index in [1.807, 2.05) is 0 Å². The minimum Gasteiger partial charge on any atom is -0.317 e. The van der Waals surface area contributed by atoms with Gasteiger partial charge in [0.2, 0.25) is 0 Å². The van der Waals surface area contributed by atoms with Gasteiger partial charge in [0, 0.05) is 0 Å². The van der Waals surface area contributed by atoms with Gasteiger partial charge in [-0.1, -0.05) is 39.5 Å². The van der Waals surface area contributed by atoms with Gasteiger partial charge in [-0.2, -0.15) is 0 Å². The van der Waals surface area contributed by atoms with E-state index in [0.29, 0.717) is 0 Å². The normalized spacial score (nSPS) is 26.8. The van der Waals surface area contributed by atoms with Crippen LogP contribution in [0.5, 0.6) is 0 Å². The van der Waals surface area contributed by atoms with Crippen LogP contribution in [0.1, 0.15) is 65.2 Å². The maximum absolute atomic E-state index is 3.50. The predicted molar refractivity (Wildman–Crippen MR) is 68.1 cm³/mol. The predicted octanol–water partition coefficient (Wildman–Crippen LogP) is 3.98. The quantitative estimate of drug-likeness (QED) is 0.628. The molecular weight excluding hydrogens is 182 g/mol. The molecule has 0 aromatic rings. The van der Waals surface area contributed by atoms with Crippen molar-refractivity contribution in [1.82, 2.24) is 5.32 Å². The lowest BCUT2D eigenvalue weighted by atomic mass is 9.78. The summed E-state index contributed by atoms with van der Waals surface area (Å²) in [6, 6.07) is 0. The molecule has 0 radical (unpaired) electrons. The van der Waals surface area contributed by atoms with E-state index in [1.54, 1.807) is 0 Å². The SMILES string of the molecule is CCCNCCCC1CCCC(CC)C1. The topological polar surface area (TPSA) is 12.0 Å². The van der Waals surface area contributed by atoms with Gasteiger partial charge < -0.3 is 5.32 Å². The molecule has 2 atom stereocenters. The van der Waals surface area contributed by atoms with Crippen LogP contribution >= 0.6 is 0 Å². The maximum Gasteiger partial charge on any atom is -0.00488 e. The molecule has 0 heterocycles. The van der Waals surface area contributed by atoms with Gasteiger partial charge in [0.1, 0.15) is 0 Å². The monoisotopic (exact) mass is 211 g/mol. The zero-order valence-electron chi connectivity index (χ0n) is 10.7. The fraction of sp³-hybridized carbons (Fsp3) is 1.00. The first-order valence-corrected chi connectivity index (χ1v) is 7.07. The molecule has 1 fully saturated rings. The Labute approximate surface area is 96.0 Å². The Morgan fingerprint density at radius 2 is 1.87 bits per heavy atom. The lowest BCUT2D eigenvalue weighted by Crippen LogP contribution is -2.19. The van der Waals surface area contributed by atoms with Crippen molar-refractivity contribution in [2.75, 3.05) is 13.1 Å². The molecule has 1 saturated carbocycles. The first-order valence-electron chi connectivity index (χ1n) is 7.07. The Morgan fingerprint density at radius 1 is 1.07 bits per heavy atom. The molecule has 1 rings (SSSR count). The van der Waals surface area contributed by atoms with Crippen molar-refractivity contribution in [3.05, 3.63) is 0 Å². The highest BCUT2D eigenvalue weighted by Gasteiger charge is 2.19. The first kappa shape index (κ1) is 13.0. The van der Waals surface area contributed by atoms with Crippen molar-refractivity contribution < 1.29 is 0 Å². The van der Waals surface area contributed by atoms with E-state index < -0.39 is 0 Å². The van der Waals surface area contributed by atoms with Crippen molar-refractivity contribution in [3.8, 4) is 0 Å². The van der Waals surface area contributed by atoms with Gasteiger partial charge in [-0.25, -0.2) is 0 Å². The molecular formula is C14H29N. The lowest BCUT2D eigenvalue weighted by Gasteiger charge is -2.28. The summed E-state index contributed by atoms with van der Waals surface area (Å²) in [5, 5.41) is 3.50. The smallest absolute Gasteiger partial charge is 0.00488 e. The molecule has 1 nitrogen and oxygen atoms in total. The number of nitrogens with one attached hydrogen (secondary N) is 1. The Bertz CT molecular complexity index is 144. The molecule has 1 aliphatic carbocycles.